The monoisotopic (exact) mass is 312 g/mol. The number of benzene rings is 1. The molecule has 0 spiro atoms. The van der Waals surface area contributed by atoms with Gasteiger partial charge in [0.2, 0.25) is 0 Å². The fourth-order valence-electron chi connectivity index (χ4n) is 2.07. The average Bonchev–Trinajstić information content (AvgIpc) is 2.86. The summed E-state index contributed by atoms with van der Waals surface area (Å²) >= 11 is 7.67. The molecule has 0 aliphatic carbocycles. The average molecular weight is 313 g/mol. The number of nitrogens with one attached hydrogen (secondary N) is 1. The van der Waals surface area contributed by atoms with Crippen molar-refractivity contribution in [2.45, 2.75) is 32.7 Å². The highest BCUT2D eigenvalue weighted by Gasteiger charge is 2.17. The van der Waals surface area contributed by atoms with Gasteiger partial charge in [-0.15, -0.1) is 11.3 Å². The second kappa shape index (κ2) is 7.16. The number of aromatic nitrogens is 1. The zero-order valence-corrected chi connectivity index (χ0v) is 13.2. The van der Waals surface area contributed by atoms with E-state index < -0.39 is 0 Å². The summed E-state index contributed by atoms with van der Waals surface area (Å²) in [5, 5.41) is 6.76. The number of rotatable bonds is 6. The van der Waals surface area contributed by atoms with E-state index in [9.17, 15) is 4.39 Å². The SMILES string of the molecule is CCCNC(Cc1cccc(F)c1Cl)c1csc(C)n1. The second-order valence-corrected chi connectivity index (χ2v) is 6.16. The highest BCUT2D eigenvalue weighted by Crippen LogP contribution is 2.26. The Morgan fingerprint density at radius 1 is 1.45 bits per heavy atom. The summed E-state index contributed by atoms with van der Waals surface area (Å²) in [6.07, 6.45) is 1.68. The van der Waals surface area contributed by atoms with E-state index in [0.717, 1.165) is 29.2 Å². The molecule has 1 unspecified atom stereocenters. The third-order valence-corrected chi connectivity index (χ3v) is 4.31. The van der Waals surface area contributed by atoms with Gasteiger partial charge in [0.1, 0.15) is 5.82 Å². The van der Waals surface area contributed by atoms with Gasteiger partial charge in [-0.1, -0.05) is 30.7 Å². The normalized spacial score (nSPS) is 12.6. The maximum absolute atomic E-state index is 13.5. The summed E-state index contributed by atoms with van der Waals surface area (Å²) in [6.45, 7) is 5.00. The predicted molar refractivity (Wildman–Crippen MR) is 83.0 cm³/mol. The first-order valence-corrected chi connectivity index (χ1v) is 7.96. The summed E-state index contributed by atoms with van der Waals surface area (Å²) in [5.41, 5.74) is 1.81. The predicted octanol–water partition coefficient (Wildman–Crippen LogP) is 4.53. The zero-order valence-electron chi connectivity index (χ0n) is 11.6. The smallest absolute Gasteiger partial charge is 0.142 e. The van der Waals surface area contributed by atoms with Crippen LogP contribution in [0, 0.1) is 12.7 Å². The van der Waals surface area contributed by atoms with E-state index in [1.54, 1.807) is 17.4 Å². The van der Waals surface area contributed by atoms with Gasteiger partial charge in [0.25, 0.3) is 0 Å². The Hall–Kier alpha value is -0.970. The van der Waals surface area contributed by atoms with Crippen molar-refractivity contribution < 1.29 is 4.39 Å². The Bertz CT molecular complexity index is 571. The molecule has 20 heavy (non-hydrogen) atoms. The quantitative estimate of drug-likeness (QED) is 0.848. The van der Waals surface area contributed by atoms with E-state index in [4.69, 9.17) is 11.6 Å². The first kappa shape index (κ1) is 15.4. The van der Waals surface area contributed by atoms with Gasteiger partial charge in [0.15, 0.2) is 0 Å². The standard InChI is InChI=1S/C15H18ClFN2S/c1-3-7-18-13(14-9-20-10(2)19-14)8-11-5-4-6-12(17)15(11)16/h4-6,9,13,18H,3,7-8H2,1-2H3. The molecule has 1 aromatic carbocycles. The molecule has 0 radical (unpaired) electrons. The molecule has 0 fully saturated rings. The topological polar surface area (TPSA) is 24.9 Å². The van der Waals surface area contributed by atoms with Gasteiger partial charge in [0.05, 0.1) is 21.8 Å². The molecule has 0 aliphatic heterocycles. The summed E-state index contributed by atoms with van der Waals surface area (Å²) in [7, 11) is 0. The highest BCUT2D eigenvalue weighted by molar-refractivity contribution is 7.09. The molecule has 0 bridgehead atoms. The van der Waals surface area contributed by atoms with Crippen LogP contribution in [0.25, 0.3) is 0 Å². The fraction of sp³-hybridized carbons (Fsp3) is 0.400. The number of nitrogens with zero attached hydrogens (tertiary/aromatic N) is 1. The maximum Gasteiger partial charge on any atom is 0.142 e. The summed E-state index contributed by atoms with van der Waals surface area (Å²) in [4.78, 5) is 4.53. The van der Waals surface area contributed by atoms with Gasteiger partial charge in [-0.2, -0.15) is 0 Å². The minimum Gasteiger partial charge on any atom is -0.308 e. The molecule has 1 atom stereocenters. The van der Waals surface area contributed by atoms with E-state index in [2.05, 4.69) is 22.6 Å². The Kier molecular flexibility index (Phi) is 5.52. The summed E-state index contributed by atoms with van der Waals surface area (Å²) in [5.74, 6) is -0.368. The maximum atomic E-state index is 13.5. The lowest BCUT2D eigenvalue weighted by molar-refractivity contribution is 0.517. The third-order valence-electron chi connectivity index (χ3n) is 3.09. The van der Waals surface area contributed by atoms with Crippen molar-refractivity contribution in [3.8, 4) is 0 Å². The molecule has 0 saturated heterocycles. The van der Waals surface area contributed by atoms with Gasteiger partial charge >= 0.3 is 0 Å². The number of hydrogen-bond acceptors (Lipinski definition) is 3. The molecule has 2 aromatic rings. The zero-order chi connectivity index (χ0) is 14.5. The van der Waals surface area contributed by atoms with Crippen LogP contribution in [0.4, 0.5) is 4.39 Å². The van der Waals surface area contributed by atoms with Crippen LogP contribution >= 0.6 is 22.9 Å². The van der Waals surface area contributed by atoms with Crippen molar-refractivity contribution in [1.29, 1.82) is 0 Å². The lowest BCUT2D eigenvalue weighted by Crippen LogP contribution is -2.24. The number of halogens is 2. The lowest BCUT2D eigenvalue weighted by atomic mass is 10.0. The van der Waals surface area contributed by atoms with Crippen LogP contribution in [0.5, 0.6) is 0 Å². The van der Waals surface area contributed by atoms with Crippen molar-refractivity contribution in [2.24, 2.45) is 0 Å². The van der Waals surface area contributed by atoms with Crippen molar-refractivity contribution in [3.63, 3.8) is 0 Å². The molecule has 0 aliphatic rings. The van der Waals surface area contributed by atoms with E-state index >= 15 is 0 Å². The van der Waals surface area contributed by atoms with Crippen LogP contribution in [0.3, 0.4) is 0 Å². The minimum atomic E-state index is -0.368. The van der Waals surface area contributed by atoms with E-state index in [1.165, 1.54) is 6.07 Å². The first-order chi connectivity index (χ1) is 9.61. The van der Waals surface area contributed by atoms with Crippen LogP contribution < -0.4 is 5.32 Å². The van der Waals surface area contributed by atoms with Crippen molar-refractivity contribution in [3.05, 3.63) is 50.7 Å². The molecule has 2 nitrogen and oxygen atoms in total. The molecular formula is C15H18ClFN2S. The Labute approximate surface area is 128 Å². The van der Waals surface area contributed by atoms with E-state index in [1.807, 2.05) is 13.0 Å². The van der Waals surface area contributed by atoms with Crippen molar-refractivity contribution in [1.82, 2.24) is 10.3 Å². The number of hydrogen-bond donors (Lipinski definition) is 1. The molecule has 1 N–H and O–H groups in total. The van der Waals surface area contributed by atoms with Gasteiger partial charge in [-0.25, -0.2) is 9.37 Å². The second-order valence-electron chi connectivity index (χ2n) is 4.72. The van der Waals surface area contributed by atoms with Crippen LogP contribution in [0.2, 0.25) is 5.02 Å². The minimum absolute atomic E-state index is 0.0687. The molecule has 0 saturated carbocycles. The molecular weight excluding hydrogens is 295 g/mol. The molecule has 0 amide bonds. The number of aryl methyl sites for hydroxylation is 1. The van der Waals surface area contributed by atoms with Crippen LogP contribution in [0.1, 0.15) is 35.7 Å². The Morgan fingerprint density at radius 3 is 2.90 bits per heavy atom. The molecule has 5 heteroatoms. The number of thiazole rings is 1. The molecule has 1 aromatic heterocycles. The van der Waals surface area contributed by atoms with Gasteiger partial charge < -0.3 is 5.32 Å². The highest BCUT2D eigenvalue weighted by atomic mass is 35.5. The molecule has 2 rings (SSSR count). The van der Waals surface area contributed by atoms with E-state index in [0.29, 0.717) is 6.42 Å². The molecule has 108 valence electrons. The first-order valence-electron chi connectivity index (χ1n) is 6.70. The van der Waals surface area contributed by atoms with Crippen LogP contribution in [-0.4, -0.2) is 11.5 Å². The van der Waals surface area contributed by atoms with E-state index in [-0.39, 0.29) is 16.9 Å². The van der Waals surface area contributed by atoms with Crippen molar-refractivity contribution >= 4 is 22.9 Å². The van der Waals surface area contributed by atoms with Gasteiger partial charge in [-0.05, 0) is 37.9 Å². The third kappa shape index (κ3) is 3.78. The van der Waals surface area contributed by atoms with Gasteiger partial charge in [0, 0.05) is 5.38 Å². The lowest BCUT2D eigenvalue weighted by Gasteiger charge is -2.17. The Balaban J connectivity index is 2.21. The Morgan fingerprint density at radius 2 is 2.25 bits per heavy atom. The fourth-order valence-corrected chi connectivity index (χ4v) is 2.94. The van der Waals surface area contributed by atoms with Crippen LogP contribution in [-0.2, 0) is 6.42 Å². The largest absolute Gasteiger partial charge is 0.308 e. The van der Waals surface area contributed by atoms with Gasteiger partial charge in [-0.3, -0.25) is 0 Å². The molecule has 1 heterocycles. The summed E-state index contributed by atoms with van der Waals surface area (Å²) in [6, 6.07) is 5.01. The van der Waals surface area contributed by atoms with Crippen molar-refractivity contribution in [2.75, 3.05) is 6.54 Å². The van der Waals surface area contributed by atoms with Crippen LogP contribution in [0.15, 0.2) is 23.6 Å². The summed E-state index contributed by atoms with van der Waals surface area (Å²) < 4.78 is 13.5.